The summed E-state index contributed by atoms with van der Waals surface area (Å²) >= 11 is 5.82. The molecule has 8 heteroatoms. The number of halogens is 1. The molecule has 0 aliphatic heterocycles. The average Bonchev–Trinajstić information content (AvgIpc) is 2.65. The van der Waals surface area contributed by atoms with Crippen LogP contribution in [0.15, 0.2) is 72.8 Å². The van der Waals surface area contributed by atoms with Crippen molar-refractivity contribution in [2.75, 3.05) is 10.6 Å². The van der Waals surface area contributed by atoms with Gasteiger partial charge in [-0.25, -0.2) is 4.79 Å². The molecular weight excluding hydrogens is 370 g/mol. The van der Waals surface area contributed by atoms with Crippen LogP contribution in [0.4, 0.5) is 21.9 Å². The number of urea groups is 1. The maximum atomic E-state index is 12.2. The molecule has 7 nitrogen and oxygen atoms in total. The number of carbonyl (C=O) groups excluding carboxylic acids is 1. The number of hydrogen-bond donors (Lipinski definition) is 2. The van der Waals surface area contributed by atoms with Crippen LogP contribution in [0.1, 0.15) is 0 Å². The van der Waals surface area contributed by atoms with Gasteiger partial charge in [0.05, 0.1) is 10.6 Å². The van der Waals surface area contributed by atoms with Gasteiger partial charge in [-0.3, -0.25) is 10.1 Å². The van der Waals surface area contributed by atoms with E-state index >= 15 is 0 Å². The van der Waals surface area contributed by atoms with Gasteiger partial charge in [0.2, 0.25) is 0 Å². The SMILES string of the molecule is O=C(Nc1ccc(Cl)cc1)Nc1ccccc1Oc1ccc([N+](=O)[O-])cc1. The van der Waals surface area contributed by atoms with Crippen LogP contribution in [-0.2, 0) is 0 Å². The Kier molecular flexibility index (Phi) is 5.53. The number of carbonyl (C=O) groups is 1. The number of non-ortho nitro benzene ring substituents is 1. The van der Waals surface area contributed by atoms with Gasteiger partial charge in [-0.05, 0) is 48.5 Å². The molecule has 3 rings (SSSR count). The molecule has 3 aromatic carbocycles. The van der Waals surface area contributed by atoms with Crippen LogP contribution < -0.4 is 15.4 Å². The van der Waals surface area contributed by atoms with E-state index in [1.54, 1.807) is 48.5 Å². The third-order valence-electron chi connectivity index (χ3n) is 3.51. The molecule has 0 fully saturated rings. The standard InChI is InChI=1S/C19H14ClN3O4/c20-13-5-7-14(8-6-13)21-19(24)22-17-3-1-2-4-18(17)27-16-11-9-15(10-12-16)23(25)26/h1-12H,(H2,21,22,24). The Bertz CT molecular complexity index is 959. The third-order valence-corrected chi connectivity index (χ3v) is 3.76. The first-order valence-corrected chi connectivity index (χ1v) is 8.24. The molecule has 2 amide bonds. The lowest BCUT2D eigenvalue weighted by atomic mass is 10.2. The van der Waals surface area contributed by atoms with E-state index in [1.807, 2.05) is 0 Å². The van der Waals surface area contributed by atoms with Crippen molar-refractivity contribution < 1.29 is 14.5 Å². The van der Waals surface area contributed by atoms with Crippen LogP contribution in [0.5, 0.6) is 11.5 Å². The molecule has 27 heavy (non-hydrogen) atoms. The van der Waals surface area contributed by atoms with Crippen molar-refractivity contribution in [3.05, 3.63) is 87.9 Å². The lowest BCUT2D eigenvalue weighted by molar-refractivity contribution is -0.384. The second kappa shape index (κ2) is 8.20. The fraction of sp³-hybridized carbons (Fsp3) is 0. The van der Waals surface area contributed by atoms with Crippen molar-refractivity contribution in [2.24, 2.45) is 0 Å². The van der Waals surface area contributed by atoms with Crippen molar-refractivity contribution in [3.63, 3.8) is 0 Å². The Morgan fingerprint density at radius 3 is 2.26 bits per heavy atom. The highest BCUT2D eigenvalue weighted by Gasteiger charge is 2.10. The van der Waals surface area contributed by atoms with Crippen LogP contribution in [0.2, 0.25) is 5.02 Å². The summed E-state index contributed by atoms with van der Waals surface area (Å²) in [5, 5.41) is 16.7. The molecule has 0 aromatic heterocycles. The van der Waals surface area contributed by atoms with Crippen molar-refractivity contribution in [1.29, 1.82) is 0 Å². The summed E-state index contributed by atoms with van der Waals surface area (Å²) in [6.07, 6.45) is 0. The van der Waals surface area contributed by atoms with Crippen LogP contribution in [0, 0.1) is 10.1 Å². The minimum absolute atomic E-state index is 0.0314. The van der Waals surface area contributed by atoms with Gasteiger partial charge in [-0.2, -0.15) is 0 Å². The van der Waals surface area contributed by atoms with E-state index < -0.39 is 11.0 Å². The molecule has 0 saturated heterocycles. The summed E-state index contributed by atoms with van der Waals surface area (Å²) < 4.78 is 5.73. The average molecular weight is 384 g/mol. The van der Waals surface area contributed by atoms with Crippen LogP contribution in [0.3, 0.4) is 0 Å². The first-order chi connectivity index (χ1) is 13.0. The maximum Gasteiger partial charge on any atom is 0.323 e. The zero-order valence-electron chi connectivity index (χ0n) is 13.9. The fourth-order valence-electron chi connectivity index (χ4n) is 2.24. The number of para-hydroxylation sites is 2. The first kappa shape index (κ1) is 18.2. The molecule has 136 valence electrons. The zero-order chi connectivity index (χ0) is 19.2. The minimum Gasteiger partial charge on any atom is -0.455 e. The molecule has 0 radical (unpaired) electrons. The minimum atomic E-state index is -0.486. The van der Waals surface area contributed by atoms with Gasteiger partial charge < -0.3 is 15.4 Å². The number of rotatable bonds is 5. The van der Waals surface area contributed by atoms with E-state index in [1.165, 1.54) is 24.3 Å². The first-order valence-electron chi connectivity index (χ1n) is 7.86. The van der Waals surface area contributed by atoms with Gasteiger partial charge >= 0.3 is 6.03 Å². The quantitative estimate of drug-likeness (QED) is 0.437. The molecule has 0 saturated carbocycles. The number of nitrogens with one attached hydrogen (secondary N) is 2. The van der Waals surface area contributed by atoms with Gasteiger partial charge in [0.1, 0.15) is 5.75 Å². The molecule has 0 heterocycles. The lowest BCUT2D eigenvalue weighted by Crippen LogP contribution is -2.19. The predicted octanol–water partition coefficient (Wildman–Crippen LogP) is 5.68. The Labute approximate surface area is 159 Å². The normalized spacial score (nSPS) is 10.1. The summed E-state index contributed by atoms with van der Waals surface area (Å²) in [6.45, 7) is 0. The van der Waals surface area contributed by atoms with E-state index in [2.05, 4.69) is 10.6 Å². The summed E-state index contributed by atoms with van der Waals surface area (Å²) in [7, 11) is 0. The summed E-state index contributed by atoms with van der Waals surface area (Å²) in [5.74, 6) is 0.811. The number of hydrogen-bond acceptors (Lipinski definition) is 4. The Morgan fingerprint density at radius 1 is 0.926 bits per heavy atom. The number of anilines is 2. The van der Waals surface area contributed by atoms with Gasteiger partial charge in [0, 0.05) is 22.8 Å². The largest absolute Gasteiger partial charge is 0.455 e. The summed E-state index contributed by atoms with van der Waals surface area (Å²) in [4.78, 5) is 22.4. The Balaban J connectivity index is 1.70. The highest BCUT2D eigenvalue weighted by molar-refractivity contribution is 6.30. The predicted molar refractivity (Wildman–Crippen MR) is 104 cm³/mol. The molecule has 0 bridgehead atoms. The van der Waals surface area contributed by atoms with Crippen molar-refractivity contribution in [1.82, 2.24) is 0 Å². The van der Waals surface area contributed by atoms with Crippen LogP contribution in [0.25, 0.3) is 0 Å². The second-order valence-electron chi connectivity index (χ2n) is 5.44. The van der Waals surface area contributed by atoms with Gasteiger partial charge in [0.25, 0.3) is 5.69 Å². The molecular formula is C19H14ClN3O4. The number of benzene rings is 3. The van der Waals surface area contributed by atoms with Crippen molar-refractivity contribution in [3.8, 4) is 11.5 Å². The molecule has 0 atom stereocenters. The molecule has 0 spiro atoms. The summed E-state index contributed by atoms with van der Waals surface area (Å²) in [5.41, 5.74) is 1.00. The van der Waals surface area contributed by atoms with E-state index in [4.69, 9.17) is 16.3 Å². The summed E-state index contributed by atoms with van der Waals surface area (Å²) in [6, 6.07) is 18.8. The van der Waals surface area contributed by atoms with Crippen molar-refractivity contribution >= 4 is 34.7 Å². The monoisotopic (exact) mass is 383 g/mol. The lowest BCUT2D eigenvalue weighted by Gasteiger charge is -2.13. The Hall–Kier alpha value is -3.58. The Morgan fingerprint density at radius 2 is 1.59 bits per heavy atom. The maximum absolute atomic E-state index is 12.2. The topological polar surface area (TPSA) is 93.5 Å². The van der Waals surface area contributed by atoms with Gasteiger partial charge in [0.15, 0.2) is 5.75 Å². The van der Waals surface area contributed by atoms with E-state index in [0.717, 1.165) is 0 Å². The number of amides is 2. The number of nitro benzene ring substituents is 1. The zero-order valence-corrected chi connectivity index (χ0v) is 14.6. The van der Waals surface area contributed by atoms with E-state index in [9.17, 15) is 14.9 Å². The molecule has 2 N–H and O–H groups in total. The van der Waals surface area contributed by atoms with Gasteiger partial charge in [-0.1, -0.05) is 23.7 Å². The van der Waals surface area contributed by atoms with E-state index in [0.29, 0.717) is 27.9 Å². The van der Waals surface area contributed by atoms with Gasteiger partial charge in [-0.15, -0.1) is 0 Å². The smallest absolute Gasteiger partial charge is 0.323 e. The number of nitrogens with zero attached hydrogens (tertiary/aromatic N) is 1. The fourth-order valence-corrected chi connectivity index (χ4v) is 2.37. The highest BCUT2D eigenvalue weighted by Crippen LogP contribution is 2.30. The third kappa shape index (κ3) is 4.96. The van der Waals surface area contributed by atoms with Crippen LogP contribution in [-0.4, -0.2) is 11.0 Å². The molecule has 0 aliphatic rings. The number of nitro groups is 1. The van der Waals surface area contributed by atoms with Crippen molar-refractivity contribution in [2.45, 2.75) is 0 Å². The second-order valence-corrected chi connectivity index (χ2v) is 5.87. The molecule has 0 unspecified atom stereocenters. The molecule has 0 aliphatic carbocycles. The number of ether oxygens (including phenoxy) is 1. The highest BCUT2D eigenvalue weighted by atomic mass is 35.5. The molecule has 3 aromatic rings. The van der Waals surface area contributed by atoms with Crippen LogP contribution >= 0.6 is 11.6 Å². The van der Waals surface area contributed by atoms with E-state index in [-0.39, 0.29) is 5.69 Å².